The summed E-state index contributed by atoms with van der Waals surface area (Å²) in [5.74, 6) is 0.401. The summed E-state index contributed by atoms with van der Waals surface area (Å²) in [5, 5.41) is 26.0. The summed E-state index contributed by atoms with van der Waals surface area (Å²) in [4.78, 5) is 20.4. The highest BCUT2D eigenvalue weighted by atomic mass is 16.6. The Morgan fingerprint density at radius 3 is 2.45 bits per heavy atom. The average Bonchev–Trinajstić information content (AvgIpc) is 2.53. The zero-order chi connectivity index (χ0) is 16.1. The fourth-order valence-electron chi connectivity index (χ4n) is 2.64. The smallest absolute Gasteiger partial charge is 0.272 e. The summed E-state index contributed by atoms with van der Waals surface area (Å²) in [5.41, 5.74) is 3.08. The molecule has 22 heavy (non-hydrogen) atoms. The lowest BCUT2D eigenvalue weighted by Crippen LogP contribution is -2.16. The monoisotopic (exact) mass is 306 g/mol. The Hall–Kier alpha value is -2.51. The molecule has 1 N–H and O–H groups in total. The minimum atomic E-state index is -0.659. The molecule has 2 rings (SSSR count). The van der Waals surface area contributed by atoms with Crippen LogP contribution in [0.3, 0.4) is 0 Å². The Bertz CT molecular complexity index is 609. The summed E-state index contributed by atoms with van der Waals surface area (Å²) in [6, 6.07) is 3.47. The summed E-state index contributed by atoms with van der Waals surface area (Å²) >= 11 is 0. The second kappa shape index (κ2) is 6.97. The number of nitrogens with one attached hydrogen (secondary N) is 1. The van der Waals surface area contributed by atoms with Crippen molar-refractivity contribution in [2.24, 2.45) is 11.0 Å². The van der Waals surface area contributed by atoms with E-state index in [0.717, 1.165) is 24.6 Å². The maximum Gasteiger partial charge on any atom is 0.301 e. The number of hydrazone groups is 1. The first kappa shape index (κ1) is 15.9. The lowest BCUT2D eigenvalue weighted by atomic mass is 9.86. The fourth-order valence-corrected chi connectivity index (χ4v) is 2.64. The molecule has 0 spiro atoms. The molecule has 0 aromatic heterocycles. The van der Waals surface area contributed by atoms with E-state index in [1.54, 1.807) is 0 Å². The standard InChI is InChI=1S/C14H18N4O4/c1-10(11-5-3-2-4-6-11)15-16-13-8-7-12(17(19)20)9-14(13)18(21)22/h7-9,11,16H,2-6H2,1H3/b15-10+. The van der Waals surface area contributed by atoms with Crippen LogP contribution >= 0.6 is 0 Å². The predicted molar refractivity (Wildman–Crippen MR) is 83.1 cm³/mol. The van der Waals surface area contributed by atoms with Crippen LogP contribution in [0, 0.1) is 26.1 Å². The zero-order valence-corrected chi connectivity index (χ0v) is 12.3. The maximum atomic E-state index is 11.0. The number of nitrogens with zero attached hydrogens (tertiary/aromatic N) is 3. The van der Waals surface area contributed by atoms with Gasteiger partial charge >= 0.3 is 5.69 Å². The van der Waals surface area contributed by atoms with Gasteiger partial charge in [-0.2, -0.15) is 5.10 Å². The molecule has 1 saturated carbocycles. The van der Waals surface area contributed by atoms with E-state index in [-0.39, 0.29) is 17.1 Å². The molecule has 8 heteroatoms. The van der Waals surface area contributed by atoms with Crippen LogP contribution in [-0.4, -0.2) is 15.6 Å². The first-order valence-electron chi connectivity index (χ1n) is 7.22. The number of rotatable bonds is 5. The lowest BCUT2D eigenvalue weighted by Gasteiger charge is -2.21. The van der Waals surface area contributed by atoms with Gasteiger partial charge in [-0.05, 0) is 31.7 Å². The fraction of sp³-hybridized carbons (Fsp3) is 0.500. The van der Waals surface area contributed by atoms with Gasteiger partial charge in [-0.3, -0.25) is 25.7 Å². The van der Waals surface area contributed by atoms with Crippen molar-refractivity contribution in [3.63, 3.8) is 0 Å². The van der Waals surface area contributed by atoms with Gasteiger partial charge in [0.2, 0.25) is 0 Å². The molecule has 1 aliphatic carbocycles. The molecule has 0 unspecified atom stereocenters. The number of anilines is 1. The Morgan fingerprint density at radius 2 is 1.86 bits per heavy atom. The number of hydrogen-bond donors (Lipinski definition) is 1. The van der Waals surface area contributed by atoms with Gasteiger partial charge in [-0.25, -0.2) is 0 Å². The Balaban J connectivity index is 2.17. The van der Waals surface area contributed by atoms with Crippen LogP contribution in [0.5, 0.6) is 0 Å². The van der Waals surface area contributed by atoms with Crippen molar-refractivity contribution in [1.29, 1.82) is 0 Å². The van der Waals surface area contributed by atoms with Gasteiger partial charge in [0.05, 0.1) is 15.9 Å². The molecular formula is C14H18N4O4. The van der Waals surface area contributed by atoms with Gasteiger partial charge < -0.3 is 0 Å². The second-order valence-electron chi connectivity index (χ2n) is 5.42. The molecule has 0 saturated heterocycles. The van der Waals surface area contributed by atoms with Crippen molar-refractivity contribution in [1.82, 2.24) is 0 Å². The van der Waals surface area contributed by atoms with Crippen molar-refractivity contribution in [2.75, 3.05) is 5.43 Å². The van der Waals surface area contributed by atoms with Gasteiger partial charge in [-0.15, -0.1) is 0 Å². The van der Waals surface area contributed by atoms with Crippen LogP contribution in [-0.2, 0) is 0 Å². The average molecular weight is 306 g/mol. The van der Waals surface area contributed by atoms with Gasteiger partial charge in [0.25, 0.3) is 5.69 Å². The Morgan fingerprint density at radius 1 is 1.18 bits per heavy atom. The first-order chi connectivity index (χ1) is 10.5. The van der Waals surface area contributed by atoms with Gasteiger partial charge in [0.15, 0.2) is 0 Å². The SMILES string of the molecule is C/C(=N\Nc1ccc([N+](=O)[O-])cc1[N+](=O)[O-])C1CCCCC1. The molecule has 1 aromatic carbocycles. The molecule has 1 fully saturated rings. The summed E-state index contributed by atoms with van der Waals surface area (Å²) in [7, 11) is 0. The van der Waals surface area contributed by atoms with Crippen LogP contribution < -0.4 is 5.43 Å². The number of hydrogen-bond acceptors (Lipinski definition) is 6. The molecule has 1 aliphatic rings. The van der Waals surface area contributed by atoms with Crippen molar-refractivity contribution in [2.45, 2.75) is 39.0 Å². The zero-order valence-electron chi connectivity index (χ0n) is 12.3. The van der Waals surface area contributed by atoms with Gasteiger partial charge in [0, 0.05) is 11.8 Å². The molecular weight excluding hydrogens is 288 g/mol. The van der Waals surface area contributed by atoms with E-state index in [1.807, 2.05) is 6.92 Å². The van der Waals surface area contributed by atoms with E-state index in [9.17, 15) is 20.2 Å². The highest BCUT2D eigenvalue weighted by molar-refractivity contribution is 5.85. The summed E-state index contributed by atoms with van der Waals surface area (Å²) < 4.78 is 0. The third-order valence-corrected chi connectivity index (χ3v) is 3.94. The van der Waals surface area contributed by atoms with Crippen LogP contribution in [0.15, 0.2) is 23.3 Å². The number of non-ortho nitro benzene ring substituents is 1. The predicted octanol–water partition coefficient (Wildman–Crippen LogP) is 3.87. The minimum absolute atomic E-state index is 0.158. The summed E-state index contributed by atoms with van der Waals surface area (Å²) in [6.07, 6.45) is 5.76. The quantitative estimate of drug-likeness (QED) is 0.504. The number of nitro benzene ring substituents is 2. The van der Waals surface area contributed by atoms with Crippen LogP contribution in [0.25, 0.3) is 0 Å². The lowest BCUT2D eigenvalue weighted by molar-refractivity contribution is -0.393. The van der Waals surface area contributed by atoms with E-state index in [1.165, 1.54) is 31.4 Å². The van der Waals surface area contributed by atoms with E-state index >= 15 is 0 Å². The van der Waals surface area contributed by atoms with Crippen LogP contribution in [0.1, 0.15) is 39.0 Å². The number of benzene rings is 1. The molecule has 8 nitrogen and oxygen atoms in total. The normalized spacial score (nSPS) is 16.3. The first-order valence-corrected chi connectivity index (χ1v) is 7.22. The van der Waals surface area contributed by atoms with Crippen molar-refractivity contribution >= 4 is 22.8 Å². The van der Waals surface area contributed by atoms with Gasteiger partial charge in [0.1, 0.15) is 5.69 Å². The molecule has 0 amide bonds. The van der Waals surface area contributed by atoms with E-state index < -0.39 is 9.85 Å². The minimum Gasteiger partial charge on any atom is -0.272 e. The molecule has 0 aliphatic heterocycles. The van der Waals surface area contributed by atoms with Crippen molar-refractivity contribution < 1.29 is 9.85 Å². The molecule has 0 heterocycles. The molecule has 0 bridgehead atoms. The van der Waals surface area contributed by atoms with E-state index in [0.29, 0.717) is 5.92 Å². The highest BCUT2D eigenvalue weighted by Crippen LogP contribution is 2.29. The third-order valence-electron chi connectivity index (χ3n) is 3.94. The Labute approximate surface area is 127 Å². The highest BCUT2D eigenvalue weighted by Gasteiger charge is 2.20. The molecule has 118 valence electrons. The second-order valence-corrected chi connectivity index (χ2v) is 5.42. The summed E-state index contributed by atoms with van der Waals surface area (Å²) in [6.45, 7) is 1.90. The van der Waals surface area contributed by atoms with Crippen LogP contribution in [0.2, 0.25) is 0 Å². The Kier molecular flexibility index (Phi) is 5.03. The van der Waals surface area contributed by atoms with Crippen LogP contribution in [0.4, 0.5) is 17.1 Å². The molecule has 0 atom stereocenters. The van der Waals surface area contributed by atoms with Crippen molar-refractivity contribution in [3.05, 3.63) is 38.4 Å². The number of nitro groups is 2. The van der Waals surface area contributed by atoms with Crippen molar-refractivity contribution in [3.8, 4) is 0 Å². The molecule has 1 aromatic rings. The van der Waals surface area contributed by atoms with E-state index in [2.05, 4.69) is 10.5 Å². The van der Waals surface area contributed by atoms with E-state index in [4.69, 9.17) is 0 Å². The maximum absolute atomic E-state index is 11.0. The topological polar surface area (TPSA) is 111 Å². The van der Waals surface area contributed by atoms with Gasteiger partial charge in [-0.1, -0.05) is 19.3 Å². The third kappa shape index (κ3) is 3.78. The largest absolute Gasteiger partial charge is 0.301 e. The molecule has 0 radical (unpaired) electrons.